The number of halogens is 1. The van der Waals surface area contributed by atoms with Gasteiger partial charge >= 0.3 is 0 Å². The molecule has 0 spiro atoms. The van der Waals surface area contributed by atoms with Crippen LogP contribution in [0.2, 0.25) is 5.02 Å². The van der Waals surface area contributed by atoms with Crippen LogP contribution in [0.15, 0.2) is 91.5 Å². The van der Waals surface area contributed by atoms with Crippen LogP contribution in [-0.4, -0.2) is 32.0 Å². The molecule has 0 saturated heterocycles. The van der Waals surface area contributed by atoms with Crippen LogP contribution in [0.3, 0.4) is 0 Å². The van der Waals surface area contributed by atoms with Gasteiger partial charge in [-0.2, -0.15) is 0 Å². The van der Waals surface area contributed by atoms with Crippen molar-refractivity contribution >= 4 is 28.5 Å². The number of carbonyl (C=O) groups is 1. The number of aryl methyl sites for hydroxylation is 1. The van der Waals surface area contributed by atoms with Gasteiger partial charge in [-0.05, 0) is 30.7 Å². The molecule has 0 aliphatic heterocycles. The van der Waals surface area contributed by atoms with Crippen LogP contribution >= 0.6 is 11.6 Å². The van der Waals surface area contributed by atoms with E-state index in [1.54, 1.807) is 24.7 Å². The van der Waals surface area contributed by atoms with Crippen LogP contribution < -0.4 is 5.32 Å². The summed E-state index contributed by atoms with van der Waals surface area (Å²) in [6.45, 7) is 1.37. The average molecular weight is 468 g/mol. The fraction of sp³-hybridized carbons (Fsp3) is 0.111. The Bertz CT molecular complexity index is 1430. The molecule has 1 amide bonds. The van der Waals surface area contributed by atoms with Gasteiger partial charge in [0.05, 0.1) is 33.8 Å². The number of imidazole rings is 1. The molecule has 0 bridgehead atoms. The highest BCUT2D eigenvalue weighted by Gasteiger charge is 2.16. The molecule has 168 valence electrons. The maximum absolute atomic E-state index is 12.7. The molecule has 0 radical (unpaired) electrons. The maximum Gasteiger partial charge on any atom is 0.251 e. The van der Waals surface area contributed by atoms with Crippen molar-refractivity contribution in [3.05, 3.63) is 102 Å². The summed E-state index contributed by atoms with van der Waals surface area (Å²) in [5.74, 6) is -0.134. The summed E-state index contributed by atoms with van der Waals surface area (Å²) in [4.78, 5) is 26.6. The number of hydrogen-bond acceptors (Lipinski definition) is 4. The van der Waals surface area contributed by atoms with Crippen molar-refractivity contribution in [3.63, 3.8) is 0 Å². The minimum absolute atomic E-state index is 0.134. The normalized spacial score (nSPS) is 11.0. The molecule has 34 heavy (non-hydrogen) atoms. The summed E-state index contributed by atoms with van der Waals surface area (Å²) in [7, 11) is 0. The van der Waals surface area contributed by atoms with Gasteiger partial charge < -0.3 is 9.88 Å². The van der Waals surface area contributed by atoms with E-state index >= 15 is 0 Å². The smallest absolute Gasteiger partial charge is 0.251 e. The minimum Gasteiger partial charge on any atom is -0.352 e. The third-order valence-electron chi connectivity index (χ3n) is 5.54. The van der Waals surface area contributed by atoms with E-state index in [2.05, 4.69) is 10.3 Å². The molecule has 0 atom stereocenters. The second-order valence-corrected chi connectivity index (χ2v) is 8.29. The van der Waals surface area contributed by atoms with Gasteiger partial charge in [0.15, 0.2) is 0 Å². The van der Waals surface area contributed by atoms with Gasteiger partial charge in [-0.25, -0.2) is 15.0 Å². The maximum atomic E-state index is 12.7. The molecule has 5 aromatic rings. The molecule has 2 aromatic heterocycles. The number of rotatable bonds is 7. The first-order valence-corrected chi connectivity index (χ1v) is 11.4. The summed E-state index contributed by atoms with van der Waals surface area (Å²) in [5.41, 5.74) is 5.08. The van der Waals surface area contributed by atoms with Crippen LogP contribution in [0.25, 0.3) is 33.5 Å². The number of aromatic nitrogens is 4. The number of fused-ring (bicyclic) bond motifs is 1. The molecule has 5 rings (SSSR count). The minimum atomic E-state index is -0.134. The van der Waals surface area contributed by atoms with Gasteiger partial charge in [0.2, 0.25) is 0 Å². The lowest BCUT2D eigenvalue weighted by Gasteiger charge is -2.12. The van der Waals surface area contributed by atoms with Crippen LogP contribution in [-0.2, 0) is 6.54 Å². The summed E-state index contributed by atoms with van der Waals surface area (Å²) >= 11 is 6.50. The van der Waals surface area contributed by atoms with Crippen molar-refractivity contribution in [2.24, 2.45) is 0 Å². The van der Waals surface area contributed by atoms with E-state index in [1.165, 1.54) is 0 Å². The van der Waals surface area contributed by atoms with E-state index in [1.807, 2.05) is 71.4 Å². The van der Waals surface area contributed by atoms with Crippen molar-refractivity contribution in [3.8, 4) is 22.5 Å². The highest BCUT2D eigenvalue weighted by Crippen LogP contribution is 2.34. The van der Waals surface area contributed by atoms with Gasteiger partial charge in [0.1, 0.15) is 0 Å². The predicted octanol–water partition coefficient (Wildman–Crippen LogP) is 5.63. The zero-order valence-electron chi connectivity index (χ0n) is 18.4. The zero-order valence-corrected chi connectivity index (χ0v) is 19.1. The third-order valence-corrected chi connectivity index (χ3v) is 5.87. The van der Waals surface area contributed by atoms with Crippen molar-refractivity contribution in [2.45, 2.75) is 13.0 Å². The molecular weight excluding hydrogens is 446 g/mol. The van der Waals surface area contributed by atoms with Crippen LogP contribution in [0.4, 0.5) is 0 Å². The Balaban J connectivity index is 1.46. The molecule has 7 heteroatoms. The lowest BCUT2D eigenvalue weighted by atomic mass is 10.0. The van der Waals surface area contributed by atoms with E-state index in [0.29, 0.717) is 33.9 Å². The summed E-state index contributed by atoms with van der Waals surface area (Å²) in [5, 5.41) is 3.59. The number of nitrogens with zero attached hydrogens (tertiary/aromatic N) is 4. The van der Waals surface area contributed by atoms with E-state index in [9.17, 15) is 4.79 Å². The number of amides is 1. The highest BCUT2D eigenvalue weighted by atomic mass is 35.5. The molecule has 0 aliphatic rings. The second-order valence-electron chi connectivity index (χ2n) is 7.88. The topological polar surface area (TPSA) is 72.7 Å². The Morgan fingerprint density at radius 2 is 1.71 bits per heavy atom. The molecule has 3 aromatic carbocycles. The van der Waals surface area contributed by atoms with Crippen LogP contribution in [0.1, 0.15) is 16.8 Å². The van der Waals surface area contributed by atoms with Crippen LogP contribution in [0.5, 0.6) is 0 Å². The van der Waals surface area contributed by atoms with Gasteiger partial charge in [0, 0.05) is 42.2 Å². The van der Waals surface area contributed by atoms with Crippen molar-refractivity contribution in [2.75, 3.05) is 6.54 Å². The molecule has 1 N–H and O–H groups in total. The largest absolute Gasteiger partial charge is 0.352 e. The second kappa shape index (κ2) is 9.85. The Hall–Kier alpha value is -4.03. The van der Waals surface area contributed by atoms with Crippen molar-refractivity contribution in [1.82, 2.24) is 24.8 Å². The first kappa shape index (κ1) is 21.8. The fourth-order valence-corrected chi connectivity index (χ4v) is 4.04. The fourth-order valence-electron chi connectivity index (χ4n) is 3.82. The van der Waals surface area contributed by atoms with E-state index in [4.69, 9.17) is 21.6 Å². The number of benzene rings is 3. The summed E-state index contributed by atoms with van der Waals surface area (Å²) in [6, 6.07) is 22.9. The van der Waals surface area contributed by atoms with Gasteiger partial charge in [-0.1, -0.05) is 60.1 Å². The monoisotopic (exact) mass is 467 g/mol. The Labute approximate surface area is 202 Å². The first-order chi connectivity index (χ1) is 16.7. The SMILES string of the molecule is O=C(NCCCn1ccnc1)c1ccc2nc(-c3ccccc3Cl)c(-c3ccccc3)nc2c1. The molecule has 2 heterocycles. The standard InChI is InChI=1S/C27H22ClN5O/c28-22-10-5-4-9-21(22)26-25(19-7-2-1-3-8-19)32-24-17-20(11-12-23(24)31-26)27(34)30-13-6-15-33-16-14-29-18-33/h1-5,7-12,14,16-18H,6,13,15H2,(H,30,34). The number of hydrogen-bond donors (Lipinski definition) is 1. The molecular formula is C27H22ClN5O. The zero-order chi connectivity index (χ0) is 23.3. The molecule has 0 fully saturated rings. The molecule has 0 saturated carbocycles. The quantitative estimate of drug-likeness (QED) is 0.315. The number of carbonyl (C=O) groups excluding carboxylic acids is 1. The van der Waals surface area contributed by atoms with Crippen LogP contribution in [0, 0.1) is 0 Å². The van der Waals surface area contributed by atoms with Gasteiger partial charge in [-0.15, -0.1) is 0 Å². The van der Waals surface area contributed by atoms with Crippen molar-refractivity contribution < 1.29 is 4.79 Å². The summed E-state index contributed by atoms with van der Waals surface area (Å²) in [6.07, 6.45) is 6.24. The average Bonchev–Trinajstić information content (AvgIpc) is 3.40. The predicted molar refractivity (Wildman–Crippen MR) is 135 cm³/mol. The molecule has 0 aliphatic carbocycles. The lowest BCUT2D eigenvalue weighted by Crippen LogP contribution is -2.25. The lowest BCUT2D eigenvalue weighted by molar-refractivity contribution is 0.0953. The molecule has 0 unspecified atom stereocenters. The van der Waals surface area contributed by atoms with Crippen molar-refractivity contribution in [1.29, 1.82) is 0 Å². The Morgan fingerprint density at radius 1 is 0.912 bits per heavy atom. The van der Waals surface area contributed by atoms with E-state index < -0.39 is 0 Å². The van der Waals surface area contributed by atoms with Gasteiger partial charge in [-0.3, -0.25) is 4.79 Å². The van der Waals surface area contributed by atoms with E-state index in [0.717, 1.165) is 29.8 Å². The molecule has 6 nitrogen and oxygen atoms in total. The number of nitrogens with one attached hydrogen (secondary N) is 1. The third kappa shape index (κ3) is 4.67. The first-order valence-electron chi connectivity index (χ1n) is 11.0. The Kier molecular flexibility index (Phi) is 6.31. The Morgan fingerprint density at radius 3 is 2.50 bits per heavy atom. The summed E-state index contributed by atoms with van der Waals surface area (Å²) < 4.78 is 1.99. The highest BCUT2D eigenvalue weighted by molar-refractivity contribution is 6.33. The van der Waals surface area contributed by atoms with E-state index in [-0.39, 0.29) is 5.91 Å². The van der Waals surface area contributed by atoms with Gasteiger partial charge in [0.25, 0.3) is 5.91 Å².